The molecule has 2 rings (SSSR count). The maximum atomic E-state index is 12.4. The summed E-state index contributed by atoms with van der Waals surface area (Å²) in [4.78, 5) is 24.3. The molecular formula is C17H22O5. The van der Waals surface area contributed by atoms with E-state index in [1.165, 1.54) is 0 Å². The standard InChI is InChI=1S/C17H22O5/c1-5-20-14(18)10-13-12-9-7-8-11(3)15(12)22-17(13,4)16(19)21-6-2/h7-9,13H,5-6,10H2,1-4H3/t13-,17-/m1/s1. The number of fused-ring (bicyclic) bond motifs is 1. The number of hydrogen-bond donors (Lipinski definition) is 0. The van der Waals surface area contributed by atoms with Gasteiger partial charge in [0, 0.05) is 11.5 Å². The minimum absolute atomic E-state index is 0.0829. The summed E-state index contributed by atoms with van der Waals surface area (Å²) in [6, 6.07) is 5.69. The molecule has 2 atom stereocenters. The van der Waals surface area contributed by atoms with Gasteiger partial charge in [-0.2, -0.15) is 0 Å². The Balaban J connectivity index is 2.40. The van der Waals surface area contributed by atoms with E-state index in [2.05, 4.69) is 0 Å². The minimum Gasteiger partial charge on any atom is -0.475 e. The Bertz CT molecular complexity index is 580. The van der Waals surface area contributed by atoms with Crippen LogP contribution in [-0.4, -0.2) is 30.8 Å². The Morgan fingerprint density at radius 3 is 2.55 bits per heavy atom. The number of para-hydroxylation sites is 1. The van der Waals surface area contributed by atoms with Gasteiger partial charge in [0.25, 0.3) is 0 Å². The van der Waals surface area contributed by atoms with Crippen molar-refractivity contribution in [3.05, 3.63) is 29.3 Å². The summed E-state index contributed by atoms with van der Waals surface area (Å²) in [5.74, 6) is -0.561. The van der Waals surface area contributed by atoms with Crippen molar-refractivity contribution in [2.45, 2.75) is 45.6 Å². The van der Waals surface area contributed by atoms with E-state index >= 15 is 0 Å². The third-order valence-corrected chi connectivity index (χ3v) is 3.95. The smallest absolute Gasteiger partial charge is 0.350 e. The van der Waals surface area contributed by atoms with E-state index in [-0.39, 0.29) is 19.0 Å². The zero-order valence-electron chi connectivity index (χ0n) is 13.5. The second kappa shape index (κ2) is 6.38. The molecule has 1 aliphatic heterocycles. The van der Waals surface area contributed by atoms with Crippen LogP contribution >= 0.6 is 0 Å². The molecule has 0 aliphatic carbocycles. The summed E-state index contributed by atoms with van der Waals surface area (Å²) in [6.07, 6.45) is 0.0829. The Labute approximate surface area is 130 Å². The average Bonchev–Trinajstić information content (AvgIpc) is 2.75. The first-order chi connectivity index (χ1) is 10.4. The van der Waals surface area contributed by atoms with Crippen LogP contribution in [0, 0.1) is 6.92 Å². The van der Waals surface area contributed by atoms with Crippen LogP contribution in [0.15, 0.2) is 18.2 Å². The molecule has 5 nitrogen and oxygen atoms in total. The van der Waals surface area contributed by atoms with Crippen LogP contribution in [-0.2, 0) is 19.1 Å². The maximum Gasteiger partial charge on any atom is 0.350 e. The molecule has 0 bridgehead atoms. The zero-order valence-corrected chi connectivity index (χ0v) is 13.5. The number of benzene rings is 1. The topological polar surface area (TPSA) is 61.8 Å². The maximum absolute atomic E-state index is 12.4. The number of ether oxygens (including phenoxy) is 3. The summed E-state index contributed by atoms with van der Waals surface area (Å²) < 4.78 is 16.1. The summed E-state index contributed by atoms with van der Waals surface area (Å²) in [6.45, 7) is 7.66. The van der Waals surface area contributed by atoms with Crippen LogP contribution in [0.4, 0.5) is 0 Å². The van der Waals surface area contributed by atoms with Crippen molar-refractivity contribution in [1.29, 1.82) is 0 Å². The highest BCUT2D eigenvalue weighted by atomic mass is 16.6. The second-order valence-electron chi connectivity index (χ2n) is 5.48. The predicted octanol–water partition coefficient (Wildman–Crippen LogP) is 2.75. The molecule has 0 saturated carbocycles. The Kier molecular flexibility index (Phi) is 4.74. The van der Waals surface area contributed by atoms with Gasteiger partial charge in [0.1, 0.15) is 5.75 Å². The highest BCUT2D eigenvalue weighted by Crippen LogP contribution is 2.48. The largest absolute Gasteiger partial charge is 0.475 e. The first-order valence-corrected chi connectivity index (χ1v) is 7.55. The molecule has 1 heterocycles. The lowest BCUT2D eigenvalue weighted by Gasteiger charge is -2.27. The van der Waals surface area contributed by atoms with Gasteiger partial charge >= 0.3 is 11.9 Å². The van der Waals surface area contributed by atoms with E-state index in [1.54, 1.807) is 20.8 Å². The lowest BCUT2D eigenvalue weighted by molar-refractivity contribution is -0.161. The van der Waals surface area contributed by atoms with Gasteiger partial charge in [-0.25, -0.2) is 4.79 Å². The third kappa shape index (κ3) is 2.80. The SMILES string of the molecule is CCOC(=O)C[C@@H]1c2cccc(C)c2O[C@@]1(C)C(=O)OCC. The number of aryl methyl sites for hydroxylation is 1. The lowest BCUT2D eigenvalue weighted by Crippen LogP contribution is -2.45. The number of rotatable bonds is 5. The van der Waals surface area contributed by atoms with Crippen molar-refractivity contribution >= 4 is 11.9 Å². The lowest BCUT2D eigenvalue weighted by atomic mass is 9.82. The Morgan fingerprint density at radius 1 is 1.23 bits per heavy atom. The normalized spacial score (nSPS) is 22.6. The van der Waals surface area contributed by atoms with Gasteiger partial charge in [0.15, 0.2) is 0 Å². The molecule has 0 aromatic heterocycles. The predicted molar refractivity (Wildman–Crippen MR) is 80.8 cm³/mol. The van der Waals surface area contributed by atoms with Crippen molar-refractivity contribution in [1.82, 2.24) is 0 Å². The highest BCUT2D eigenvalue weighted by molar-refractivity contribution is 5.85. The number of hydrogen-bond acceptors (Lipinski definition) is 5. The van der Waals surface area contributed by atoms with Crippen LogP contribution in [0.5, 0.6) is 5.75 Å². The van der Waals surface area contributed by atoms with Gasteiger partial charge in [-0.05, 0) is 33.3 Å². The molecule has 1 aromatic carbocycles. The first-order valence-electron chi connectivity index (χ1n) is 7.55. The van der Waals surface area contributed by atoms with Crippen LogP contribution in [0.25, 0.3) is 0 Å². The van der Waals surface area contributed by atoms with E-state index in [4.69, 9.17) is 14.2 Å². The minimum atomic E-state index is -1.21. The van der Waals surface area contributed by atoms with Crippen molar-refractivity contribution < 1.29 is 23.8 Å². The number of esters is 2. The van der Waals surface area contributed by atoms with Gasteiger partial charge in [0.2, 0.25) is 5.60 Å². The third-order valence-electron chi connectivity index (χ3n) is 3.95. The molecular weight excluding hydrogens is 284 g/mol. The molecule has 1 aliphatic rings. The van der Waals surface area contributed by atoms with Crippen molar-refractivity contribution in [3.63, 3.8) is 0 Å². The van der Waals surface area contributed by atoms with Crippen molar-refractivity contribution in [2.24, 2.45) is 0 Å². The van der Waals surface area contributed by atoms with E-state index in [9.17, 15) is 9.59 Å². The molecule has 1 aromatic rings. The average molecular weight is 306 g/mol. The molecule has 5 heteroatoms. The van der Waals surface area contributed by atoms with E-state index in [0.29, 0.717) is 12.4 Å². The molecule has 0 N–H and O–H groups in total. The highest BCUT2D eigenvalue weighted by Gasteiger charge is 2.53. The molecule has 0 saturated heterocycles. The fourth-order valence-corrected chi connectivity index (χ4v) is 2.82. The number of carbonyl (C=O) groups excluding carboxylic acids is 2. The molecule has 0 radical (unpaired) electrons. The van der Waals surface area contributed by atoms with E-state index < -0.39 is 17.5 Å². The second-order valence-corrected chi connectivity index (χ2v) is 5.48. The van der Waals surface area contributed by atoms with Gasteiger partial charge < -0.3 is 14.2 Å². The monoisotopic (exact) mass is 306 g/mol. The van der Waals surface area contributed by atoms with E-state index in [1.807, 2.05) is 25.1 Å². The summed E-state index contributed by atoms with van der Waals surface area (Å²) in [5.41, 5.74) is 0.569. The molecule has 0 spiro atoms. The molecule has 0 amide bonds. The molecule has 0 unspecified atom stereocenters. The van der Waals surface area contributed by atoms with Crippen LogP contribution in [0.1, 0.15) is 44.2 Å². The number of carbonyl (C=O) groups is 2. The molecule has 120 valence electrons. The van der Waals surface area contributed by atoms with Crippen molar-refractivity contribution in [2.75, 3.05) is 13.2 Å². The molecule has 0 fully saturated rings. The zero-order chi connectivity index (χ0) is 16.3. The van der Waals surface area contributed by atoms with Gasteiger partial charge in [-0.1, -0.05) is 18.2 Å². The molecule has 22 heavy (non-hydrogen) atoms. The van der Waals surface area contributed by atoms with Crippen molar-refractivity contribution in [3.8, 4) is 5.75 Å². The van der Waals surface area contributed by atoms with E-state index in [0.717, 1.165) is 11.1 Å². The van der Waals surface area contributed by atoms with Gasteiger partial charge in [-0.15, -0.1) is 0 Å². The first kappa shape index (κ1) is 16.3. The summed E-state index contributed by atoms with van der Waals surface area (Å²) in [7, 11) is 0. The Morgan fingerprint density at radius 2 is 1.91 bits per heavy atom. The fraction of sp³-hybridized carbons (Fsp3) is 0.529. The fourth-order valence-electron chi connectivity index (χ4n) is 2.82. The Hall–Kier alpha value is -2.04. The van der Waals surface area contributed by atoms with Gasteiger partial charge in [0.05, 0.1) is 19.6 Å². The summed E-state index contributed by atoms with van der Waals surface area (Å²) in [5, 5.41) is 0. The summed E-state index contributed by atoms with van der Waals surface area (Å²) >= 11 is 0. The van der Waals surface area contributed by atoms with Gasteiger partial charge in [-0.3, -0.25) is 4.79 Å². The van der Waals surface area contributed by atoms with Crippen LogP contribution in [0.2, 0.25) is 0 Å². The quantitative estimate of drug-likeness (QED) is 0.783. The van der Waals surface area contributed by atoms with Crippen LogP contribution < -0.4 is 4.74 Å². The van der Waals surface area contributed by atoms with Crippen LogP contribution in [0.3, 0.4) is 0 Å².